The van der Waals surface area contributed by atoms with E-state index >= 15 is 0 Å². The molecule has 0 atom stereocenters. The monoisotopic (exact) mass is 287 g/mol. The van der Waals surface area contributed by atoms with Crippen molar-refractivity contribution in [3.05, 3.63) is 17.8 Å². The molecule has 0 spiro atoms. The highest BCUT2D eigenvalue weighted by molar-refractivity contribution is 9.09. The highest BCUT2D eigenvalue weighted by atomic mass is 79.9. The van der Waals surface area contributed by atoms with Crippen LogP contribution in [0, 0.1) is 18.7 Å². The Bertz CT molecular complexity index is 379. The standard InChI is InChI=1S/C11H15BrFN3/c1-7-10(13)11(15-6-14-7)16(2)5-8-3-9(12)4-8/h6,8-9H,3-5H2,1-2H3. The molecule has 0 unspecified atom stereocenters. The third-order valence-corrected chi connectivity index (χ3v) is 3.76. The maximum absolute atomic E-state index is 13.7. The molecule has 0 aliphatic heterocycles. The lowest BCUT2D eigenvalue weighted by Gasteiger charge is -2.34. The molecule has 0 aromatic carbocycles. The van der Waals surface area contributed by atoms with Crippen molar-refractivity contribution < 1.29 is 4.39 Å². The molecule has 1 aromatic rings. The predicted octanol–water partition coefficient (Wildman–Crippen LogP) is 2.53. The first kappa shape index (κ1) is 11.8. The second-order valence-electron chi connectivity index (χ2n) is 4.41. The number of hydrogen-bond donors (Lipinski definition) is 0. The van der Waals surface area contributed by atoms with Crippen molar-refractivity contribution in [2.45, 2.75) is 24.6 Å². The maximum atomic E-state index is 13.7. The van der Waals surface area contributed by atoms with Gasteiger partial charge < -0.3 is 4.90 Å². The van der Waals surface area contributed by atoms with Gasteiger partial charge in [0, 0.05) is 18.4 Å². The largest absolute Gasteiger partial charge is 0.357 e. The van der Waals surface area contributed by atoms with Crippen molar-refractivity contribution in [1.82, 2.24) is 9.97 Å². The number of halogens is 2. The highest BCUT2D eigenvalue weighted by Crippen LogP contribution is 2.34. The van der Waals surface area contributed by atoms with E-state index in [2.05, 4.69) is 25.9 Å². The minimum Gasteiger partial charge on any atom is -0.357 e. The van der Waals surface area contributed by atoms with Crippen molar-refractivity contribution in [3.63, 3.8) is 0 Å². The third-order valence-electron chi connectivity index (χ3n) is 3.02. The van der Waals surface area contributed by atoms with E-state index in [0.717, 1.165) is 19.4 Å². The molecule has 5 heteroatoms. The molecule has 1 fully saturated rings. The van der Waals surface area contributed by atoms with Gasteiger partial charge in [-0.2, -0.15) is 0 Å². The number of rotatable bonds is 3. The molecule has 3 nitrogen and oxygen atoms in total. The predicted molar refractivity (Wildman–Crippen MR) is 65.4 cm³/mol. The average Bonchev–Trinajstić information content (AvgIpc) is 2.19. The minimum absolute atomic E-state index is 0.306. The lowest BCUT2D eigenvalue weighted by molar-refractivity contribution is 0.337. The summed E-state index contributed by atoms with van der Waals surface area (Å²) in [6, 6.07) is 0. The van der Waals surface area contributed by atoms with E-state index in [1.165, 1.54) is 6.33 Å². The maximum Gasteiger partial charge on any atom is 0.186 e. The molecule has 16 heavy (non-hydrogen) atoms. The molecule has 2 rings (SSSR count). The van der Waals surface area contributed by atoms with Gasteiger partial charge in [-0.15, -0.1) is 0 Å². The molecule has 0 bridgehead atoms. The van der Waals surface area contributed by atoms with Gasteiger partial charge in [-0.3, -0.25) is 0 Å². The molecule has 0 saturated heterocycles. The number of anilines is 1. The molecule has 0 N–H and O–H groups in total. The molecule has 1 aliphatic carbocycles. The van der Waals surface area contributed by atoms with Crippen LogP contribution in [0.15, 0.2) is 6.33 Å². The van der Waals surface area contributed by atoms with Crippen LogP contribution in [0.5, 0.6) is 0 Å². The summed E-state index contributed by atoms with van der Waals surface area (Å²) in [6.45, 7) is 2.52. The first-order valence-electron chi connectivity index (χ1n) is 5.40. The second-order valence-corrected chi connectivity index (χ2v) is 5.71. The summed E-state index contributed by atoms with van der Waals surface area (Å²) in [5, 5.41) is 0. The highest BCUT2D eigenvalue weighted by Gasteiger charge is 2.28. The SMILES string of the molecule is Cc1ncnc(N(C)CC2CC(Br)C2)c1F. The Morgan fingerprint density at radius 3 is 2.81 bits per heavy atom. The van der Waals surface area contributed by atoms with E-state index in [0.29, 0.717) is 22.3 Å². The molecular weight excluding hydrogens is 273 g/mol. The van der Waals surface area contributed by atoms with Gasteiger partial charge >= 0.3 is 0 Å². The van der Waals surface area contributed by atoms with Crippen LogP contribution in [0.25, 0.3) is 0 Å². The molecule has 88 valence electrons. The third kappa shape index (κ3) is 2.34. The van der Waals surface area contributed by atoms with Crippen molar-refractivity contribution in [2.75, 3.05) is 18.5 Å². The van der Waals surface area contributed by atoms with Gasteiger partial charge in [-0.25, -0.2) is 14.4 Å². The van der Waals surface area contributed by atoms with Crippen LogP contribution in [0.3, 0.4) is 0 Å². The Labute approximate surface area is 103 Å². The van der Waals surface area contributed by atoms with Crippen LogP contribution in [-0.4, -0.2) is 28.4 Å². The van der Waals surface area contributed by atoms with E-state index < -0.39 is 0 Å². The Morgan fingerprint density at radius 1 is 1.50 bits per heavy atom. The number of alkyl halides is 1. The van der Waals surface area contributed by atoms with Crippen LogP contribution in [0.1, 0.15) is 18.5 Å². The van der Waals surface area contributed by atoms with Crippen LogP contribution in [0.4, 0.5) is 10.2 Å². The van der Waals surface area contributed by atoms with E-state index in [1.54, 1.807) is 6.92 Å². The van der Waals surface area contributed by atoms with Gasteiger partial charge in [0.2, 0.25) is 0 Å². The first-order valence-corrected chi connectivity index (χ1v) is 6.31. The zero-order valence-corrected chi connectivity index (χ0v) is 11.0. The van der Waals surface area contributed by atoms with Gasteiger partial charge in [0.05, 0.1) is 5.69 Å². The van der Waals surface area contributed by atoms with Gasteiger partial charge in [0.25, 0.3) is 0 Å². The summed E-state index contributed by atoms with van der Waals surface area (Å²) in [5.41, 5.74) is 0.406. The summed E-state index contributed by atoms with van der Waals surface area (Å²) in [7, 11) is 1.88. The fourth-order valence-electron chi connectivity index (χ4n) is 1.99. The van der Waals surface area contributed by atoms with E-state index in [-0.39, 0.29) is 5.82 Å². The number of nitrogens with zero attached hydrogens (tertiary/aromatic N) is 3. The van der Waals surface area contributed by atoms with Crippen molar-refractivity contribution in [3.8, 4) is 0 Å². The Hall–Kier alpha value is -0.710. The molecule has 1 aromatic heterocycles. The van der Waals surface area contributed by atoms with E-state index in [1.807, 2.05) is 11.9 Å². The summed E-state index contributed by atoms with van der Waals surface area (Å²) < 4.78 is 13.7. The van der Waals surface area contributed by atoms with Crippen molar-refractivity contribution in [2.24, 2.45) is 5.92 Å². The zero-order valence-electron chi connectivity index (χ0n) is 9.45. The zero-order chi connectivity index (χ0) is 11.7. The number of aromatic nitrogens is 2. The van der Waals surface area contributed by atoms with E-state index in [4.69, 9.17) is 0 Å². The Balaban J connectivity index is 2.03. The lowest BCUT2D eigenvalue weighted by atomic mass is 9.85. The Kier molecular flexibility index (Phi) is 3.42. The Morgan fingerprint density at radius 2 is 2.19 bits per heavy atom. The van der Waals surface area contributed by atoms with Gasteiger partial charge in [-0.05, 0) is 25.7 Å². The smallest absolute Gasteiger partial charge is 0.186 e. The van der Waals surface area contributed by atoms with Gasteiger partial charge in [-0.1, -0.05) is 15.9 Å². The van der Waals surface area contributed by atoms with Gasteiger partial charge in [0.15, 0.2) is 11.6 Å². The first-order chi connectivity index (χ1) is 7.58. The average molecular weight is 288 g/mol. The summed E-state index contributed by atoms with van der Waals surface area (Å²) in [5.74, 6) is 0.745. The number of aryl methyl sites for hydroxylation is 1. The summed E-state index contributed by atoms with van der Waals surface area (Å²) in [6.07, 6.45) is 3.74. The van der Waals surface area contributed by atoms with Crippen molar-refractivity contribution in [1.29, 1.82) is 0 Å². The molecule has 0 radical (unpaired) electrons. The fraction of sp³-hybridized carbons (Fsp3) is 0.636. The minimum atomic E-state index is -0.306. The van der Waals surface area contributed by atoms with Gasteiger partial charge in [0.1, 0.15) is 6.33 Å². The van der Waals surface area contributed by atoms with Crippen LogP contribution in [0.2, 0.25) is 0 Å². The normalized spacial score (nSPS) is 24.0. The molecule has 1 heterocycles. The summed E-state index contributed by atoms with van der Waals surface area (Å²) in [4.78, 5) is 10.3. The number of hydrogen-bond acceptors (Lipinski definition) is 3. The van der Waals surface area contributed by atoms with E-state index in [9.17, 15) is 4.39 Å². The topological polar surface area (TPSA) is 29.0 Å². The van der Waals surface area contributed by atoms with Crippen LogP contribution in [-0.2, 0) is 0 Å². The molecular formula is C11H15BrFN3. The van der Waals surface area contributed by atoms with Crippen LogP contribution < -0.4 is 4.90 Å². The van der Waals surface area contributed by atoms with Crippen molar-refractivity contribution >= 4 is 21.7 Å². The lowest BCUT2D eigenvalue weighted by Crippen LogP contribution is -2.35. The van der Waals surface area contributed by atoms with Crippen LogP contribution >= 0.6 is 15.9 Å². The molecule has 1 aliphatic rings. The quantitative estimate of drug-likeness (QED) is 0.800. The fourth-order valence-corrected chi connectivity index (χ4v) is 3.05. The second kappa shape index (κ2) is 4.65. The molecule has 1 saturated carbocycles. The summed E-state index contributed by atoms with van der Waals surface area (Å²) >= 11 is 3.55. The molecule has 0 amide bonds.